The average molecular weight is 214 g/mol. The van der Waals surface area contributed by atoms with Gasteiger partial charge in [-0.15, -0.1) is 0 Å². The highest BCUT2D eigenvalue weighted by atomic mass is 14.9. The van der Waals surface area contributed by atoms with Crippen molar-refractivity contribution in [2.75, 3.05) is 0 Å². The Hall–Kier alpha value is -1.28. The van der Waals surface area contributed by atoms with E-state index in [0.717, 1.165) is 12.8 Å². The third-order valence-corrected chi connectivity index (χ3v) is 4.30. The minimum atomic E-state index is -0.00202. The van der Waals surface area contributed by atoms with Gasteiger partial charge in [0, 0.05) is 28.1 Å². The molecule has 3 rings (SSSR count). The van der Waals surface area contributed by atoms with Gasteiger partial charge in [0.1, 0.15) is 0 Å². The van der Waals surface area contributed by atoms with Gasteiger partial charge in [-0.2, -0.15) is 0 Å². The molecule has 0 atom stereocenters. The Morgan fingerprint density at radius 3 is 2.62 bits per heavy atom. The molecule has 2 aromatic rings. The van der Waals surface area contributed by atoms with Crippen molar-refractivity contribution in [3.05, 3.63) is 36.0 Å². The molecule has 1 aromatic carbocycles. The van der Waals surface area contributed by atoms with Gasteiger partial charge >= 0.3 is 0 Å². The van der Waals surface area contributed by atoms with E-state index < -0.39 is 0 Å². The van der Waals surface area contributed by atoms with Crippen LogP contribution in [-0.2, 0) is 5.41 Å². The molecule has 1 saturated carbocycles. The van der Waals surface area contributed by atoms with Crippen molar-refractivity contribution < 1.29 is 0 Å². The van der Waals surface area contributed by atoms with E-state index in [0.29, 0.717) is 0 Å². The number of H-pyrrole nitrogens is 1. The van der Waals surface area contributed by atoms with E-state index >= 15 is 0 Å². The second-order valence-electron chi connectivity index (χ2n) is 5.53. The summed E-state index contributed by atoms with van der Waals surface area (Å²) >= 11 is 0. The number of fused-ring (bicyclic) bond motifs is 1. The van der Waals surface area contributed by atoms with E-state index in [1.165, 1.54) is 16.5 Å². The summed E-state index contributed by atoms with van der Waals surface area (Å²) in [4.78, 5) is 3.34. The van der Waals surface area contributed by atoms with Crippen LogP contribution in [0.15, 0.2) is 30.5 Å². The average Bonchev–Trinajstić information content (AvgIpc) is 2.88. The smallest absolute Gasteiger partial charge is 0.0457 e. The third-order valence-electron chi connectivity index (χ3n) is 4.30. The Morgan fingerprint density at radius 2 is 1.94 bits per heavy atom. The van der Waals surface area contributed by atoms with E-state index in [-0.39, 0.29) is 11.0 Å². The number of para-hydroxylation sites is 1. The van der Waals surface area contributed by atoms with Crippen LogP contribution in [0.5, 0.6) is 0 Å². The minimum Gasteiger partial charge on any atom is -0.361 e. The van der Waals surface area contributed by atoms with Gasteiger partial charge in [0.25, 0.3) is 0 Å². The summed E-state index contributed by atoms with van der Waals surface area (Å²) in [5.74, 6) is 0. The lowest BCUT2D eigenvalue weighted by Crippen LogP contribution is -2.43. The van der Waals surface area contributed by atoms with Gasteiger partial charge in [-0.05, 0) is 24.5 Å². The van der Waals surface area contributed by atoms with Crippen molar-refractivity contribution in [1.82, 2.24) is 4.98 Å². The van der Waals surface area contributed by atoms with Crippen LogP contribution in [0.2, 0.25) is 0 Å². The lowest BCUT2D eigenvalue weighted by atomic mass is 9.76. The first-order chi connectivity index (χ1) is 7.55. The van der Waals surface area contributed by atoms with Crippen LogP contribution in [0.3, 0.4) is 0 Å². The first kappa shape index (κ1) is 9.91. The monoisotopic (exact) mass is 214 g/mol. The molecule has 1 aliphatic carbocycles. The van der Waals surface area contributed by atoms with Crippen LogP contribution in [0.25, 0.3) is 10.9 Å². The topological polar surface area (TPSA) is 41.8 Å². The molecule has 16 heavy (non-hydrogen) atoms. The summed E-state index contributed by atoms with van der Waals surface area (Å²) in [6, 6.07) is 8.44. The second-order valence-corrected chi connectivity index (χ2v) is 5.53. The van der Waals surface area contributed by atoms with E-state index in [2.05, 4.69) is 49.3 Å². The first-order valence-corrected chi connectivity index (χ1v) is 5.90. The van der Waals surface area contributed by atoms with Gasteiger partial charge in [0.15, 0.2) is 0 Å². The van der Waals surface area contributed by atoms with E-state index in [9.17, 15) is 0 Å². The maximum absolute atomic E-state index is 6.39. The highest BCUT2D eigenvalue weighted by Crippen LogP contribution is 2.50. The molecule has 84 valence electrons. The Kier molecular flexibility index (Phi) is 1.79. The molecule has 0 amide bonds. The molecular formula is C14H18N2. The lowest BCUT2D eigenvalue weighted by Gasteiger charge is -2.31. The number of aromatic nitrogens is 1. The molecule has 2 nitrogen and oxygen atoms in total. The van der Waals surface area contributed by atoms with Crippen LogP contribution in [0.1, 0.15) is 32.3 Å². The molecule has 0 unspecified atom stereocenters. The number of benzene rings is 1. The number of rotatable bonds is 2. The van der Waals surface area contributed by atoms with Gasteiger partial charge in [0.2, 0.25) is 0 Å². The summed E-state index contributed by atoms with van der Waals surface area (Å²) in [6.07, 6.45) is 4.40. The molecule has 0 radical (unpaired) electrons. The van der Waals surface area contributed by atoms with Gasteiger partial charge in [-0.3, -0.25) is 0 Å². The van der Waals surface area contributed by atoms with Crippen LogP contribution < -0.4 is 5.73 Å². The highest BCUT2D eigenvalue weighted by molar-refractivity contribution is 5.84. The summed E-state index contributed by atoms with van der Waals surface area (Å²) < 4.78 is 0. The van der Waals surface area contributed by atoms with E-state index in [1.807, 2.05) is 0 Å². The first-order valence-electron chi connectivity index (χ1n) is 5.90. The van der Waals surface area contributed by atoms with Crippen molar-refractivity contribution in [3.8, 4) is 0 Å². The number of hydrogen-bond acceptors (Lipinski definition) is 1. The number of nitrogens with one attached hydrogen (secondary N) is 1. The van der Waals surface area contributed by atoms with Crippen LogP contribution in [0, 0.1) is 0 Å². The van der Waals surface area contributed by atoms with E-state index in [4.69, 9.17) is 5.73 Å². The van der Waals surface area contributed by atoms with E-state index in [1.54, 1.807) is 0 Å². The Bertz CT molecular complexity index is 532. The van der Waals surface area contributed by atoms with Crippen LogP contribution in [-0.4, -0.2) is 10.5 Å². The van der Waals surface area contributed by atoms with Gasteiger partial charge in [-0.25, -0.2) is 0 Å². The zero-order valence-electron chi connectivity index (χ0n) is 9.88. The number of aromatic amines is 1. The third kappa shape index (κ3) is 1.17. The molecule has 0 saturated heterocycles. The predicted octanol–water partition coefficient (Wildman–Crippen LogP) is 2.94. The summed E-state index contributed by atoms with van der Waals surface area (Å²) in [5.41, 5.74) is 8.99. The lowest BCUT2D eigenvalue weighted by molar-refractivity contribution is 0.394. The molecule has 2 heteroatoms. The Balaban J connectivity index is 2.19. The maximum Gasteiger partial charge on any atom is 0.0457 e. The Morgan fingerprint density at radius 1 is 1.25 bits per heavy atom. The van der Waals surface area contributed by atoms with Gasteiger partial charge in [-0.1, -0.05) is 32.0 Å². The zero-order valence-corrected chi connectivity index (χ0v) is 9.88. The number of nitrogens with two attached hydrogens (primary N) is 1. The summed E-state index contributed by atoms with van der Waals surface area (Å²) in [7, 11) is 0. The quantitative estimate of drug-likeness (QED) is 0.793. The maximum atomic E-state index is 6.39. The largest absolute Gasteiger partial charge is 0.361 e. The fourth-order valence-corrected chi connectivity index (χ4v) is 2.62. The molecule has 0 bridgehead atoms. The van der Waals surface area contributed by atoms with Gasteiger partial charge < -0.3 is 10.7 Å². The molecule has 1 aromatic heterocycles. The van der Waals surface area contributed by atoms with Crippen molar-refractivity contribution in [1.29, 1.82) is 0 Å². The molecule has 1 aliphatic rings. The van der Waals surface area contributed by atoms with Crippen molar-refractivity contribution in [2.24, 2.45) is 5.73 Å². The molecular weight excluding hydrogens is 196 g/mol. The van der Waals surface area contributed by atoms with Gasteiger partial charge in [0.05, 0.1) is 0 Å². The molecule has 0 spiro atoms. The standard InChI is InChI=1S/C14H18N2/c1-13(2,14(15)7-8-14)11-9-16-12-6-4-3-5-10(11)12/h3-6,9,16H,7-8,15H2,1-2H3. The minimum absolute atomic E-state index is 0.00202. The fraction of sp³-hybridized carbons (Fsp3) is 0.429. The van der Waals surface area contributed by atoms with Crippen molar-refractivity contribution >= 4 is 10.9 Å². The normalized spacial score (nSPS) is 18.9. The predicted molar refractivity (Wildman–Crippen MR) is 67.5 cm³/mol. The molecule has 0 aliphatic heterocycles. The Labute approximate surface area is 95.8 Å². The zero-order chi connectivity index (χ0) is 11.4. The second kappa shape index (κ2) is 2.89. The summed E-state index contributed by atoms with van der Waals surface area (Å²) in [6.45, 7) is 4.52. The van der Waals surface area contributed by atoms with Crippen molar-refractivity contribution in [3.63, 3.8) is 0 Å². The summed E-state index contributed by atoms with van der Waals surface area (Å²) in [5, 5.41) is 1.31. The SMILES string of the molecule is CC(C)(c1c[nH]c2ccccc12)C1(N)CC1. The van der Waals surface area contributed by atoms with Crippen molar-refractivity contribution in [2.45, 2.75) is 37.6 Å². The highest BCUT2D eigenvalue weighted by Gasteiger charge is 2.52. The van der Waals surface area contributed by atoms with Crippen LogP contribution in [0.4, 0.5) is 0 Å². The number of hydrogen-bond donors (Lipinski definition) is 2. The molecule has 1 fully saturated rings. The molecule has 3 N–H and O–H groups in total. The van der Waals surface area contributed by atoms with Crippen LogP contribution >= 0.6 is 0 Å². The molecule has 1 heterocycles. The fourth-order valence-electron chi connectivity index (χ4n) is 2.62.